The number of aromatic carboxylic acids is 2. The van der Waals surface area contributed by atoms with Crippen LogP contribution < -0.4 is 5.11 Å². The summed E-state index contributed by atoms with van der Waals surface area (Å²) in [5.41, 5.74) is -0.245. The summed E-state index contributed by atoms with van der Waals surface area (Å²) in [4.78, 5) is 29.9. The van der Waals surface area contributed by atoms with Gasteiger partial charge in [0.25, 0.3) is 0 Å². The molecule has 0 unspecified atom stereocenters. The number of carboxylic acids is 2. The number of ketones is 1. The van der Waals surface area contributed by atoms with E-state index in [1.165, 1.54) is 102 Å². The largest absolute Gasteiger partial charge is 0.872 e. The first kappa shape index (κ1) is 40.2. The number of unbranched alkanes of at least 4 members (excludes halogenated alkanes) is 4. The molecule has 0 heterocycles. The summed E-state index contributed by atoms with van der Waals surface area (Å²) in [6.45, 7) is 12.5. The van der Waals surface area contributed by atoms with Crippen molar-refractivity contribution in [2.45, 2.75) is 92.9 Å². The van der Waals surface area contributed by atoms with Gasteiger partial charge in [0.1, 0.15) is 17.1 Å². The second-order valence-corrected chi connectivity index (χ2v) is 14.7. The van der Waals surface area contributed by atoms with Crippen molar-refractivity contribution in [2.24, 2.45) is 0 Å². The molecule has 2 rings (SSSR count). The summed E-state index contributed by atoms with van der Waals surface area (Å²) in [5.74, 6) is -2.77. The van der Waals surface area contributed by atoms with Gasteiger partial charge in [-0.3, -0.25) is 0 Å². The number of rotatable bonds is 14. The minimum absolute atomic E-state index is 0.0671. The van der Waals surface area contributed by atoms with Gasteiger partial charge >= 0.3 is 11.9 Å². The second-order valence-electron chi connectivity index (χ2n) is 10.2. The highest BCUT2D eigenvalue weighted by atomic mass is 31.2. The van der Waals surface area contributed by atoms with Gasteiger partial charge in [0.05, 0.1) is 30.2 Å². The fourth-order valence-electron chi connectivity index (χ4n) is 3.94. The summed E-state index contributed by atoms with van der Waals surface area (Å²) in [6, 6.07) is 11.3. The Morgan fingerprint density at radius 2 is 0.951 bits per heavy atom. The Labute approximate surface area is 248 Å². The maximum Gasteiger partial charge on any atom is 0.339 e. The van der Waals surface area contributed by atoms with E-state index in [0.717, 1.165) is 0 Å². The van der Waals surface area contributed by atoms with E-state index in [-0.39, 0.29) is 22.7 Å². The predicted molar refractivity (Wildman–Crippen MR) is 170 cm³/mol. The van der Waals surface area contributed by atoms with E-state index in [4.69, 9.17) is 15.3 Å². The third-order valence-corrected chi connectivity index (χ3v) is 11.3. The van der Waals surface area contributed by atoms with E-state index in [0.29, 0.717) is 0 Å². The first-order valence-electron chi connectivity index (χ1n) is 14.7. The lowest BCUT2D eigenvalue weighted by atomic mass is 10.2. The molecular weight excluding hydrogens is 539 g/mol. The van der Waals surface area contributed by atoms with Gasteiger partial charge in [0, 0.05) is 7.26 Å². The fraction of sp³-hybridized carbons (Fsp3) is 0.545. The Balaban J connectivity index is 0. The van der Waals surface area contributed by atoms with E-state index < -0.39 is 25.0 Å². The van der Waals surface area contributed by atoms with Crippen molar-refractivity contribution in [2.75, 3.05) is 24.6 Å². The van der Waals surface area contributed by atoms with Crippen molar-refractivity contribution in [3.8, 4) is 11.5 Å². The molecule has 0 radical (unpaired) electrons. The Morgan fingerprint density at radius 1 is 0.634 bits per heavy atom. The van der Waals surface area contributed by atoms with Gasteiger partial charge in [-0.1, -0.05) is 89.5 Å². The van der Waals surface area contributed by atoms with Crippen LogP contribution in [-0.2, 0) is 4.79 Å². The molecule has 0 aliphatic heterocycles. The van der Waals surface area contributed by atoms with E-state index in [1.54, 1.807) is 36.8 Å². The van der Waals surface area contributed by atoms with Crippen molar-refractivity contribution in [3.63, 3.8) is 0 Å². The molecule has 0 aliphatic rings. The maximum absolute atomic E-state index is 10.7. The standard InChI is InChI=1S/C16H36P.2C7H6O3.C3H6O/c1-5-9-13-17(14-10-6-2,15-11-7-3)16-12-8-4;2*8-6-4-2-1-3-5(6)7(9)10;1-3(2)4/h5-16H2,1-4H3;2*1-4,8H,(H,9,10);1-2H3/q+1;;;/p-1. The van der Waals surface area contributed by atoms with Gasteiger partial charge < -0.3 is 25.2 Å². The SMILES string of the molecule is CC(C)=O.CCCC[P+](CCCC)(CCCC)CCCC.O=C(O)c1ccccc1O.O=C(O)c1ccccc1[O-]. The maximum atomic E-state index is 10.7. The van der Waals surface area contributed by atoms with Crippen LogP contribution in [0, 0.1) is 0 Å². The average Bonchev–Trinajstić information content (AvgIpc) is 2.93. The van der Waals surface area contributed by atoms with Crippen molar-refractivity contribution in [1.82, 2.24) is 0 Å². The van der Waals surface area contributed by atoms with Crippen molar-refractivity contribution in [3.05, 3.63) is 59.7 Å². The summed E-state index contributed by atoms with van der Waals surface area (Å²) < 4.78 is 0. The molecule has 0 aromatic heterocycles. The molecule has 2 aromatic carbocycles. The van der Waals surface area contributed by atoms with E-state index >= 15 is 0 Å². The molecule has 0 bridgehead atoms. The summed E-state index contributed by atoms with van der Waals surface area (Å²) in [7, 11) is -0.562. The average molecular weight is 593 g/mol. The second kappa shape index (κ2) is 24.8. The smallest absolute Gasteiger partial charge is 0.339 e. The topological polar surface area (TPSA) is 135 Å². The van der Waals surface area contributed by atoms with Crippen LogP contribution in [0.25, 0.3) is 0 Å². The molecule has 8 heteroatoms. The monoisotopic (exact) mass is 592 g/mol. The molecule has 0 saturated heterocycles. The highest BCUT2D eigenvalue weighted by molar-refractivity contribution is 7.75. The van der Waals surface area contributed by atoms with Crippen LogP contribution in [0.2, 0.25) is 0 Å². The third kappa shape index (κ3) is 20.6. The van der Waals surface area contributed by atoms with Crippen molar-refractivity contribution in [1.29, 1.82) is 0 Å². The molecule has 0 aliphatic carbocycles. The normalized spacial score (nSPS) is 10.1. The first-order chi connectivity index (χ1) is 19.4. The van der Waals surface area contributed by atoms with Gasteiger partial charge in [-0.15, -0.1) is 0 Å². The van der Waals surface area contributed by atoms with Gasteiger partial charge in [-0.05, 0) is 57.7 Å². The summed E-state index contributed by atoms with van der Waals surface area (Å²) in [5, 5.41) is 36.4. The Kier molecular flexibility index (Phi) is 24.4. The van der Waals surface area contributed by atoms with Gasteiger partial charge in [0.15, 0.2) is 0 Å². The lowest BCUT2D eigenvalue weighted by Gasteiger charge is -2.28. The number of carbonyl (C=O) groups is 3. The van der Waals surface area contributed by atoms with Crippen LogP contribution in [0.3, 0.4) is 0 Å². The summed E-state index contributed by atoms with van der Waals surface area (Å²) in [6.07, 6.45) is 17.9. The number of hydrogen-bond acceptors (Lipinski definition) is 5. The van der Waals surface area contributed by atoms with Crippen LogP contribution in [0.5, 0.6) is 11.5 Å². The molecule has 0 saturated carbocycles. The number of phenols is 1. The van der Waals surface area contributed by atoms with Crippen LogP contribution in [0.15, 0.2) is 48.5 Å². The molecule has 2 aromatic rings. The lowest BCUT2D eigenvalue weighted by Crippen LogP contribution is -2.12. The van der Waals surface area contributed by atoms with Crippen LogP contribution >= 0.6 is 7.26 Å². The minimum atomic E-state index is -1.18. The quantitative estimate of drug-likeness (QED) is 0.188. The number of carbonyl (C=O) groups excluding carboxylic acids is 1. The number of para-hydroxylation sites is 2. The third-order valence-electron chi connectivity index (χ3n) is 6.20. The molecule has 0 amide bonds. The first-order valence-corrected chi connectivity index (χ1v) is 17.3. The van der Waals surface area contributed by atoms with Crippen molar-refractivity contribution >= 4 is 25.0 Å². The number of carboxylic acid groups (broad SMARTS) is 2. The minimum Gasteiger partial charge on any atom is -0.872 e. The molecule has 0 spiro atoms. The van der Waals surface area contributed by atoms with E-state index in [2.05, 4.69) is 27.7 Å². The lowest BCUT2D eigenvalue weighted by molar-refractivity contribution is -0.268. The highest BCUT2D eigenvalue weighted by Crippen LogP contribution is 2.61. The zero-order chi connectivity index (χ0) is 31.7. The van der Waals surface area contributed by atoms with E-state index in [1.807, 2.05) is 0 Å². The van der Waals surface area contributed by atoms with Crippen LogP contribution in [0.4, 0.5) is 0 Å². The van der Waals surface area contributed by atoms with Gasteiger partial charge in [-0.2, -0.15) is 0 Å². The van der Waals surface area contributed by atoms with Crippen LogP contribution in [-0.4, -0.2) is 57.7 Å². The number of hydrogen-bond donors (Lipinski definition) is 3. The van der Waals surface area contributed by atoms with Crippen molar-refractivity contribution < 1.29 is 34.8 Å². The molecule has 7 nitrogen and oxygen atoms in total. The molecule has 3 N–H and O–H groups in total. The van der Waals surface area contributed by atoms with E-state index in [9.17, 15) is 19.5 Å². The zero-order valence-corrected chi connectivity index (χ0v) is 26.9. The van der Waals surface area contributed by atoms with Gasteiger partial charge in [0.2, 0.25) is 0 Å². The Bertz CT molecular complexity index is 894. The number of aromatic hydroxyl groups is 1. The molecule has 41 heavy (non-hydrogen) atoms. The summed E-state index contributed by atoms with van der Waals surface area (Å²) >= 11 is 0. The molecular formula is C33H53O7P. The van der Waals surface area contributed by atoms with Crippen LogP contribution in [0.1, 0.15) is 114 Å². The predicted octanol–water partition coefficient (Wildman–Crippen LogP) is 8.35. The number of Topliss-reactive ketones (excluding diaryl/α,β-unsaturated/α-hetero) is 1. The Morgan fingerprint density at radius 3 is 1.20 bits per heavy atom. The number of benzene rings is 2. The molecule has 232 valence electrons. The molecule has 0 fully saturated rings. The zero-order valence-electron chi connectivity index (χ0n) is 26.0. The highest BCUT2D eigenvalue weighted by Gasteiger charge is 2.34. The fourth-order valence-corrected chi connectivity index (χ4v) is 9.23. The molecule has 0 atom stereocenters. The van der Waals surface area contributed by atoms with Gasteiger partial charge in [-0.25, -0.2) is 9.59 Å². The Hall–Kier alpha value is -2.92.